The summed E-state index contributed by atoms with van der Waals surface area (Å²) in [6.45, 7) is 0.238. The number of urea groups is 1. The van der Waals surface area contributed by atoms with E-state index in [4.69, 9.17) is 11.6 Å². The zero-order chi connectivity index (χ0) is 21.5. The van der Waals surface area contributed by atoms with Crippen LogP contribution in [0.3, 0.4) is 0 Å². The minimum Gasteiger partial charge on any atom is -0.480 e. The summed E-state index contributed by atoms with van der Waals surface area (Å²) in [6.07, 6.45) is 1.71. The number of amides is 2. The Bertz CT molecular complexity index is 1100. The fourth-order valence-corrected chi connectivity index (χ4v) is 3.13. The van der Waals surface area contributed by atoms with Gasteiger partial charge in [0.15, 0.2) is 0 Å². The lowest BCUT2D eigenvalue weighted by Crippen LogP contribution is -2.45. The summed E-state index contributed by atoms with van der Waals surface area (Å²) in [6, 6.07) is 17.3. The Labute approximate surface area is 177 Å². The number of rotatable bonds is 7. The van der Waals surface area contributed by atoms with Crippen LogP contribution >= 0.6 is 11.6 Å². The minimum atomic E-state index is -1.17. The van der Waals surface area contributed by atoms with Gasteiger partial charge < -0.3 is 20.3 Å². The molecule has 0 aliphatic carbocycles. The summed E-state index contributed by atoms with van der Waals surface area (Å²) in [5.41, 5.74) is 1.14. The zero-order valence-electron chi connectivity index (χ0n) is 15.9. The molecule has 154 valence electrons. The minimum absolute atomic E-state index is 0.0332. The summed E-state index contributed by atoms with van der Waals surface area (Å²) in [5, 5.41) is 14.8. The molecule has 0 saturated carbocycles. The lowest BCUT2D eigenvalue weighted by Gasteiger charge is -2.16. The highest BCUT2D eigenvalue weighted by molar-refractivity contribution is 6.31. The third kappa shape index (κ3) is 5.48. The van der Waals surface area contributed by atoms with Gasteiger partial charge in [-0.1, -0.05) is 60.1 Å². The van der Waals surface area contributed by atoms with Crippen LogP contribution in [0.2, 0.25) is 5.02 Å². The van der Waals surface area contributed by atoms with E-state index in [2.05, 4.69) is 10.6 Å². The molecule has 2 aromatic carbocycles. The van der Waals surface area contributed by atoms with Crippen molar-refractivity contribution in [2.45, 2.75) is 19.0 Å². The van der Waals surface area contributed by atoms with Crippen LogP contribution in [-0.2, 0) is 17.8 Å². The first-order valence-electron chi connectivity index (χ1n) is 9.21. The molecule has 0 aliphatic heterocycles. The number of aromatic nitrogens is 1. The first kappa shape index (κ1) is 21.1. The van der Waals surface area contributed by atoms with Gasteiger partial charge in [-0.2, -0.15) is 0 Å². The van der Waals surface area contributed by atoms with Crippen LogP contribution in [0, 0.1) is 0 Å². The first-order valence-corrected chi connectivity index (χ1v) is 9.59. The number of carboxylic acids is 1. The number of anilines is 1. The van der Waals surface area contributed by atoms with Crippen LogP contribution in [0.15, 0.2) is 77.7 Å². The Morgan fingerprint density at radius 1 is 1.00 bits per heavy atom. The normalized spacial score (nSPS) is 11.5. The molecular weight excluding hydrogens is 406 g/mol. The summed E-state index contributed by atoms with van der Waals surface area (Å²) in [4.78, 5) is 36.6. The highest BCUT2D eigenvalue weighted by atomic mass is 35.5. The van der Waals surface area contributed by atoms with E-state index in [-0.39, 0.29) is 18.7 Å². The SMILES string of the molecule is O=C(Nc1cccn(Cc2ccccc2Cl)c1=O)N[C@H](Cc1ccccc1)C(=O)O. The van der Waals surface area contributed by atoms with Crippen LogP contribution in [0.1, 0.15) is 11.1 Å². The van der Waals surface area contributed by atoms with Crippen molar-refractivity contribution in [1.82, 2.24) is 9.88 Å². The molecule has 0 spiro atoms. The number of hydrogen-bond acceptors (Lipinski definition) is 3. The largest absolute Gasteiger partial charge is 0.480 e. The van der Waals surface area contributed by atoms with Crippen molar-refractivity contribution in [3.05, 3.63) is 99.4 Å². The second-order valence-corrected chi connectivity index (χ2v) is 7.03. The smallest absolute Gasteiger partial charge is 0.326 e. The number of halogens is 1. The predicted molar refractivity (Wildman–Crippen MR) is 115 cm³/mol. The van der Waals surface area contributed by atoms with Gasteiger partial charge in [0.05, 0.1) is 6.54 Å². The predicted octanol–water partition coefficient (Wildman–Crippen LogP) is 3.37. The Morgan fingerprint density at radius 2 is 1.70 bits per heavy atom. The summed E-state index contributed by atoms with van der Waals surface area (Å²) >= 11 is 6.15. The molecule has 3 aromatic rings. The molecule has 3 rings (SSSR count). The van der Waals surface area contributed by atoms with Crippen LogP contribution in [-0.4, -0.2) is 27.7 Å². The van der Waals surface area contributed by atoms with Crippen molar-refractivity contribution in [3.63, 3.8) is 0 Å². The number of carboxylic acid groups (broad SMARTS) is 1. The van der Waals surface area contributed by atoms with E-state index in [1.807, 2.05) is 18.2 Å². The van der Waals surface area contributed by atoms with Gasteiger partial charge in [-0.05, 0) is 29.3 Å². The standard InChI is InChI=1S/C22H20ClN3O4/c23-17-10-5-4-9-16(17)14-26-12-6-11-18(20(26)27)24-22(30)25-19(21(28)29)13-15-7-2-1-3-8-15/h1-12,19H,13-14H2,(H,28,29)(H2,24,25,30)/t19-/m1/s1. The van der Waals surface area contributed by atoms with Crippen molar-refractivity contribution >= 4 is 29.3 Å². The molecule has 0 fully saturated rings. The quantitative estimate of drug-likeness (QED) is 0.540. The summed E-state index contributed by atoms with van der Waals surface area (Å²) in [5.74, 6) is -1.17. The van der Waals surface area contributed by atoms with E-state index < -0.39 is 23.6 Å². The molecule has 1 heterocycles. The van der Waals surface area contributed by atoms with Crippen molar-refractivity contribution in [2.24, 2.45) is 0 Å². The zero-order valence-corrected chi connectivity index (χ0v) is 16.7. The molecule has 1 atom stereocenters. The number of hydrogen-bond donors (Lipinski definition) is 3. The molecule has 1 aromatic heterocycles. The van der Waals surface area contributed by atoms with Crippen molar-refractivity contribution in [3.8, 4) is 0 Å². The number of nitrogens with one attached hydrogen (secondary N) is 2. The topological polar surface area (TPSA) is 100 Å². The van der Waals surface area contributed by atoms with Gasteiger partial charge in [-0.15, -0.1) is 0 Å². The monoisotopic (exact) mass is 425 g/mol. The number of benzene rings is 2. The lowest BCUT2D eigenvalue weighted by atomic mass is 10.1. The third-order valence-electron chi connectivity index (χ3n) is 4.45. The second kappa shape index (κ2) is 9.76. The molecular formula is C22H20ClN3O4. The molecule has 7 nitrogen and oxygen atoms in total. The molecule has 0 saturated heterocycles. The number of carbonyl (C=O) groups excluding carboxylic acids is 1. The molecule has 30 heavy (non-hydrogen) atoms. The number of carbonyl (C=O) groups is 2. The molecule has 0 bridgehead atoms. The molecule has 0 aliphatic rings. The van der Waals surface area contributed by atoms with E-state index in [1.165, 1.54) is 10.6 Å². The van der Waals surface area contributed by atoms with Crippen LogP contribution in [0.25, 0.3) is 0 Å². The Balaban J connectivity index is 1.71. The molecule has 8 heteroatoms. The summed E-state index contributed by atoms with van der Waals surface area (Å²) in [7, 11) is 0. The van der Waals surface area contributed by atoms with Gasteiger partial charge in [-0.3, -0.25) is 4.79 Å². The summed E-state index contributed by atoms with van der Waals surface area (Å²) < 4.78 is 1.41. The molecule has 2 amide bonds. The van der Waals surface area contributed by atoms with E-state index in [0.717, 1.165) is 11.1 Å². The third-order valence-corrected chi connectivity index (χ3v) is 4.82. The van der Waals surface area contributed by atoms with E-state index in [0.29, 0.717) is 5.02 Å². The number of pyridine rings is 1. The maximum Gasteiger partial charge on any atom is 0.326 e. The van der Waals surface area contributed by atoms with E-state index >= 15 is 0 Å². The second-order valence-electron chi connectivity index (χ2n) is 6.63. The highest BCUT2D eigenvalue weighted by Gasteiger charge is 2.21. The highest BCUT2D eigenvalue weighted by Crippen LogP contribution is 2.15. The van der Waals surface area contributed by atoms with Crippen molar-refractivity contribution in [1.29, 1.82) is 0 Å². The van der Waals surface area contributed by atoms with Crippen molar-refractivity contribution in [2.75, 3.05) is 5.32 Å². The maximum absolute atomic E-state index is 12.7. The van der Waals surface area contributed by atoms with Gasteiger partial charge in [0.2, 0.25) is 0 Å². The fourth-order valence-electron chi connectivity index (χ4n) is 2.93. The van der Waals surface area contributed by atoms with E-state index in [9.17, 15) is 19.5 Å². The first-order chi connectivity index (χ1) is 14.4. The van der Waals surface area contributed by atoms with Gasteiger partial charge in [0, 0.05) is 17.6 Å². The lowest BCUT2D eigenvalue weighted by molar-refractivity contribution is -0.139. The van der Waals surface area contributed by atoms with Crippen LogP contribution in [0.4, 0.5) is 10.5 Å². The van der Waals surface area contributed by atoms with Gasteiger partial charge in [-0.25, -0.2) is 9.59 Å². The van der Waals surface area contributed by atoms with Gasteiger partial charge >= 0.3 is 12.0 Å². The average molecular weight is 426 g/mol. The molecule has 3 N–H and O–H groups in total. The Morgan fingerprint density at radius 3 is 2.40 bits per heavy atom. The Hall–Kier alpha value is -3.58. The fraction of sp³-hybridized carbons (Fsp3) is 0.136. The van der Waals surface area contributed by atoms with Gasteiger partial charge in [0.25, 0.3) is 5.56 Å². The Kier molecular flexibility index (Phi) is 6.87. The molecule has 0 unspecified atom stereocenters. The molecule has 0 radical (unpaired) electrons. The van der Waals surface area contributed by atoms with Crippen LogP contribution in [0.5, 0.6) is 0 Å². The van der Waals surface area contributed by atoms with E-state index in [1.54, 1.807) is 48.7 Å². The van der Waals surface area contributed by atoms with Crippen LogP contribution < -0.4 is 16.2 Å². The average Bonchev–Trinajstić information content (AvgIpc) is 2.73. The maximum atomic E-state index is 12.7. The number of aliphatic carboxylic acids is 1. The van der Waals surface area contributed by atoms with Crippen molar-refractivity contribution < 1.29 is 14.7 Å². The number of nitrogens with zero attached hydrogens (tertiary/aromatic N) is 1. The van der Waals surface area contributed by atoms with Gasteiger partial charge in [0.1, 0.15) is 11.7 Å².